The lowest BCUT2D eigenvalue weighted by molar-refractivity contribution is 0.755. The van der Waals surface area contributed by atoms with Crippen molar-refractivity contribution < 1.29 is 0 Å². The fourth-order valence-electron chi connectivity index (χ4n) is 1.01. The highest BCUT2D eigenvalue weighted by atomic mass is 15.2. The molecule has 13 heavy (non-hydrogen) atoms. The molecule has 0 aromatic carbocycles. The molecule has 1 aromatic heterocycles. The molecule has 0 aliphatic rings. The molecule has 1 heterocycles. The molecule has 0 atom stereocenters. The standard InChI is InChI=1S/C10H15N3/c1-13-10(7-9-12-13)6-4-2-3-5-8-11/h7,9H,2-3,5,8,11H2,1H3. The molecular weight excluding hydrogens is 162 g/mol. The van der Waals surface area contributed by atoms with Crippen LogP contribution in [-0.4, -0.2) is 16.3 Å². The van der Waals surface area contributed by atoms with Crippen molar-refractivity contribution in [3.63, 3.8) is 0 Å². The number of aromatic nitrogens is 2. The molecule has 0 aliphatic heterocycles. The van der Waals surface area contributed by atoms with Crippen LogP contribution >= 0.6 is 0 Å². The van der Waals surface area contributed by atoms with Crippen molar-refractivity contribution in [3.8, 4) is 11.8 Å². The van der Waals surface area contributed by atoms with Gasteiger partial charge in [-0.1, -0.05) is 5.92 Å². The molecule has 0 radical (unpaired) electrons. The Balaban J connectivity index is 2.35. The Morgan fingerprint density at radius 2 is 2.38 bits per heavy atom. The first-order valence-electron chi connectivity index (χ1n) is 4.51. The summed E-state index contributed by atoms with van der Waals surface area (Å²) >= 11 is 0. The predicted molar refractivity (Wildman–Crippen MR) is 53.0 cm³/mol. The summed E-state index contributed by atoms with van der Waals surface area (Å²) in [6, 6.07) is 1.91. The van der Waals surface area contributed by atoms with E-state index in [4.69, 9.17) is 5.73 Å². The molecule has 70 valence electrons. The highest BCUT2D eigenvalue weighted by Crippen LogP contribution is 1.95. The van der Waals surface area contributed by atoms with E-state index in [-0.39, 0.29) is 0 Å². The normalized spacial score (nSPS) is 9.38. The smallest absolute Gasteiger partial charge is 0.110 e. The number of aryl methyl sites for hydroxylation is 1. The van der Waals surface area contributed by atoms with E-state index in [1.807, 2.05) is 13.1 Å². The first kappa shape index (κ1) is 9.82. The second-order valence-electron chi connectivity index (χ2n) is 2.89. The number of unbranched alkanes of at least 4 members (excludes halogenated alkanes) is 2. The number of nitrogens with zero attached hydrogens (tertiary/aromatic N) is 2. The van der Waals surface area contributed by atoms with E-state index in [0.717, 1.165) is 31.5 Å². The number of rotatable bonds is 3. The number of nitrogens with two attached hydrogens (primary N) is 1. The quantitative estimate of drug-likeness (QED) is 0.550. The minimum Gasteiger partial charge on any atom is -0.330 e. The highest BCUT2D eigenvalue weighted by molar-refractivity contribution is 5.26. The maximum Gasteiger partial charge on any atom is 0.110 e. The van der Waals surface area contributed by atoms with Crippen molar-refractivity contribution >= 4 is 0 Å². The van der Waals surface area contributed by atoms with Crippen LogP contribution in [0.2, 0.25) is 0 Å². The molecule has 0 spiro atoms. The molecule has 3 heteroatoms. The second kappa shape index (κ2) is 5.39. The Bertz CT molecular complexity index is 303. The zero-order valence-corrected chi connectivity index (χ0v) is 7.95. The van der Waals surface area contributed by atoms with Crippen molar-refractivity contribution in [2.24, 2.45) is 12.8 Å². The van der Waals surface area contributed by atoms with E-state index in [9.17, 15) is 0 Å². The summed E-state index contributed by atoms with van der Waals surface area (Å²) in [5.74, 6) is 6.16. The zero-order chi connectivity index (χ0) is 9.52. The Labute approximate surface area is 78.9 Å². The molecule has 0 saturated heterocycles. The molecule has 0 amide bonds. The summed E-state index contributed by atoms with van der Waals surface area (Å²) in [4.78, 5) is 0. The van der Waals surface area contributed by atoms with Gasteiger partial charge in [-0.25, -0.2) is 0 Å². The van der Waals surface area contributed by atoms with Gasteiger partial charge in [-0.15, -0.1) is 0 Å². The maximum atomic E-state index is 5.37. The fourth-order valence-corrected chi connectivity index (χ4v) is 1.01. The summed E-state index contributed by atoms with van der Waals surface area (Å²) in [6.45, 7) is 0.757. The van der Waals surface area contributed by atoms with Gasteiger partial charge >= 0.3 is 0 Å². The van der Waals surface area contributed by atoms with Crippen LogP contribution in [0.4, 0.5) is 0 Å². The molecule has 2 N–H and O–H groups in total. The van der Waals surface area contributed by atoms with Crippen LogP contribution in [0.1, 0.15) is 25.0 Å². The third-order valence-electron chi connectivity index (χ3n) is 1.79. The minimum absolute atomic E-state index is 0.757. The number of hydrogen-bond acceptors (Lipinski definition) is 2. The van der Waals surface area contributed by atoms with Crippen LogP contribution in [0.3, 0.4) is 0 Å². The molecule has 0 fully saturated rings. The lowest BCUT2D eigenvalue weighted by atomic mass is 10.2. The minimum atomic E-state index is 0.757. The largest absolute Gasteiger partial charge is 0.330 e. The van der Waals surface area contributed by atoms with Crippen LogP contribution in [-0.2, 0) is 7.05 Å². The first-order valence-corrected chi connectivity index (χ1v) is 4.51. The van der Waals surface area contributed by atoms with Crippen LogP contribution in [0, 0.1) is 11.8 Å². The van der Waals surface area contributed by atoms with Crippen molar-refractivity contribution in [3.05, 3.63) is 18.0 Å². The third-order valence-corrected chi connectivity index (χ3v) is 1.79. The maximum absolute atomic E-state index is 5.37. The Morgan fingerprint density at radius 3 is 3.00 bits per heavy atom. The van der Waals surface area contributed by atoms with Crippen molar-refractivity contribution in [2.75, 3.05) is 6.54 Å². The van der Waals surface area contributed by atoms with Gasteiger partial charge in [0.25, 0.3) is 0 Å². The first-order chi connectivity index (χ1) is 6.34. The van der Waals surface area contributed by atoms with Gasteiger partial charge in [-0.2, -0.15) is 5.10 Å². The molecule has 0 aliphatic carbocycles. The average molecular weight is 177 g/mol. The molecule has 1 rings (SSSR count). The van der Waals surface area contributed by atoms with E-state index in [0.29, 0.717) is 0 Å². The van der Waals surface area contributed by atoms with Crippen LogP contribution in [0.5, 0.6) is 0 Å². The second-order valence-corrected chi connectivity index (χ2v) is 2.89. The molecule has 3 nitrogen and oxygen atoms in total. The van der Waals surface area contributed by atoms with Gasteiger partial charge in [0.2, 0.25) is 0 Å². The summed E-state index contributed by atoms with van der Waals surface area (Å²) < 4.78 is 1.77. The monoisotopic (exact) mass is 177 g/mol. The van der Waals surface area contributed by atoms with Gasteiger partial charge in [-0.05, 0) is 31.4 Å². The van der Waals surface area contributed by atoms with Gasteiger partial charge in [-0.3, -0.25) is 4.68 Å². The fraction of sp³-hybridized carbons (Fsp3) is 0.500. The summed E-state index contributed by atoms with van der Waals surface area (Å²) in [5, 5.41) is 4.03. The lowest BCUT2D eigenvalue weighted by Crippen LogP contribution is -1.97. The van der Waals surface area contributed by atoms with Crippen molar-refractivity contribution in [1.29, 1.82) is 0 Å². The SMILES string of the molecule is Cn1nccc1C#CCCCCN. The summed E-state index contributed by atoms with van der Waals surface area (Å²) in [5.41, 5.74) is 6.33. The van der Waals surface area contributed by atoms with Gasteiger partial charge in [0, 0.05) is 13.5 Å². The van der Waals surface area contributed by atoms with E-state index >= 15 is 0 Å². The zero-order valence-electron chi connectivity index (χ0n) is 7.95. The molecule has 1 aromatic rings. The highest BCUT2D eigenvalue weighted by Gasteiger charge is 1.90. The Kier molecular flexibility index (Phi) is 4.07. The molecule has 0 saturated carbocycles. The topological polar surface area (TPSA) is 43.8 Å². The Hall–Kier alpha value is -1.27. The Morgan fingerprint density at radius 1 is 1.54 bits per heavy atom. The lowest BCUT2D eigenvalue weighted by Gasteiger charge is -1.90. The summed E-state index contributed by atoms with van der Waals surface area (Å²) in [7, 11) is 1.89. The van der Waals surface area contributed by atoms with Gasteiger partial charge in [0.1, 0.15) is 5.69 Å². The van der Waals surface area contributed by atoms with Crippen LogP contribution < -0.4 is 5.73 Å². The molecule has 0 bridgehead atoms. The average Bonchev–Trinajstić information content (AvgIpc) is 2.52. The van der Waals surface area contributed by atoms with Crippen molar-refractivity contribution in [1.82, 2.24) is 9.78 Å². The summed E-state index contributed by atoms with van der Waals surface area (Å²) in [6.07, 6.45) is 4.81. The van der Waals surface area contributed by atoms with E-state index in [1.54, 1.807) is 10.9 Å². The molecular formula is C10H15N3. The molecule has 0 unspecified atom stereocenters. The van der Waals surface area contributed by atoms with E-state index in [2.05, 4.69) is 16.9 Å². The van der Waals surface area contributed by atoms with E-state index < -0.39 is 0 Å². The van der Waals surface area contributed by atoms with Gasteiger partial charge < -0.3 is 5.73 Å². The van der Waals surface area contributed by atoms with E-state index in [1.165, 1.54) is 0 Å². The van der Waals surface area contributed by atoms with Crippen molar-refractivity contribution in [2.45, 2.75) is 19.3 Å². The van der Waals surface area contributed by atoms with Gasteiger partial charge in [0.05, 0.1) is 6.20 Å². The third kappa shape index (κ3) is 3.30. The van der Waals surface area contributed by atoms with Gasteiger partial charge in [0.15, 0.2) is 0 Å². The number of hydrogen-bond donors (Lipinski definition) is 1. The van der Waals surface area contributed by atoms with Crippen LogP contribution in [0.25, 0.3) is 0 Å². The van der Waals surface area contributed by atoms with Crippen LogP contribution in [0.15, 0.2) is 12.3 Å². The predicted octanol–water partition coefficient (Wildman–Crippen LogP) is 0.901.